The number of halogens is 2. The fraction of sp³-hybridized carbons (Fsp3) is 0.647. The van der Waals surface area contributed by atoms with Gasteiger partial charge in [-0.3, -0.25) is 0 Å². The number of benzene rings is 1. The lowest BCUT2D eigenvalue weighted by Gasteiger charge is -2.24. The van der Waals surface area contributed by atoms with Gasteiger partial charge in [0.05, 0.1) is 10.0 Å². The van der Waals surface area contributed by atoms with Gasteiger partial charge >= 0.3 is 0 Å². The topological polar surface area (TPSA) is 12.0 Å². The van der Waals surface area contributed by atoms with E-state index in [2.05, 4.69) is 11.4 Å². The van der Waals surface area contributed by atoms with Gasteiger partial charge in [-0.25, -0.2) is 0 Å². The first-order valence-electron chi connectivity index (χ1n) is 7.90. The van der Waals surface area contributed by atoms with E-state index in [0.717, 1.165) is 29.9 Å². The standard InChI is InChI=1S/C17H23Cl2N/c18-16-7-3-6-13(17(16)19)10-14(11-20-15-8-9-15)12-4-1-2-5-12/h3,6-7,12,14-15,20H,1-2,4-5,8-11H2. The minimum Gasteiger partial charge on any atom is -0.314 e. The molecule has 2 fully saturated rings. The van der Waals surface area contributed by atoms with Crippen LogP contribution in [0, 0.1) is 11.8 Å². The van der Waals surface area contributed by atoms with E-state index in [1.807, 2.05) is 12.1 Å². The fourth-order valence-electron chi connectivity index (χ4n) is 3.43. The van der Waals surface area contributed by atoms with Crippen molar-refractivity contribution in [3.63, 3.8) is 0 Å². The average Bonchev–Trinajstić information content (AvgIpc) is 3.11. The number of rotatable bonds is 6. The quantitative estimate of drug-likeness (QED) is 0.771. The summed E-state index contributed by atoms with van der Waals surface area (Å²) >= 11 is 12.5. The zero-order valence-electron chi connectivity index (χ0n) is 11.9. The van der Waals surface area contributed by atoms with Crippen LogP contribution in [0.2, 0.25) is 10.0 Å². The highest BCUT2D eigenvalue weighted by molar-refractivity contribution is 6.42. The second-order valence-electron chi connectivity index (χ2n) is 6.40. The van der Waals surface area contributed by atoms with Gasteiger partial charge in [-0.2, -0.15) is 0 Å². The van der Waals surface area contributed by atoms with Gasteiger partial charge in [0.2, 0.25) is 0 Å². The van der Waals surface area contributed by atoms with Crippen molar-refractivity contribution >= 4 is 23.2 Å². The molecule has 0 aromatic heterocycles. The van der Waals surface area contributed by atoms with Gasteiger partial charge in [0, 0.05) is 6.04 Å². The molecule has 0 radical (unpaired) electrons. The summed E-state index contributed by atoms with van der Waals surface area (Å²) in [5, 5.41) is 5.15. The second kappa shape index (κ2) is 6.68. The van der Waals surface area contributed by atoms with Gasteiger partial charge in [0.15, 0.2) is 0 Å². The molecule has 0 spiro atoms. The Bertz CT molecular complexity index is 450. The van der Waals surface area contributed by atoms with Crippen LogP contribution >= 0.6 is 23.2 Å². The van der Waals surface area contributed by atoms with Gasteiger partial charge in [0.25, 0.3) is 0 Å². The van der Waals surface area contributed by atoms with Crippen molar-refractivity contribution in [3.05, 3.63) is 33.8 Å². The predicted octanol–water partition coefficient (Wildman–Crippen LogP) is 5.09. The van der Waals surface area contributed by atoms with Crippen LogP contribution in [0.15, 0.2) is 18.2 Å². The molecular weight excluding hydrogens is 289 g/mol. The Morgan fingerprint density at radius 2 is 1.85 bits per heavy atom. The fourth-order valence-corrected chi connectivity index (χ4v) is 3.83. The van der Waals surface area contributed by atoms with Crippen molar-refractivity contribution in [2.75, 3.05) is 6.54 Å². The van der Waals surface area contributed by atoms with E-state index in [1.54, 1.807) is 0 Å². The molecule has 2 aliphatic rings. The first kappa shape index (κ1) is 14.7. The molecule has 2 saturated carbocycles. The third kappa shape index (κ3) is 3.69. The predicted molar refractivity (Wildman–Crippen MR) is 86.6 cm³/mol. The summed E-state index contributed by atoms with van der Waals surface area (Å²) in [5.74, 6) is 1.56. The highest BCUT2D eigenvalue weighted by Gasteiger charge is 2.28. The molecule has 20 heavy (non-hydrogen) atoms. The van der Waals surface area contributed by atoms with Crippen LogP contribution < -0.4 is 5.32 Å². The van der Waals surface area contributed by atoms with Crippen molar-refractivity contribution in [1.82, 2.24) is 5.32 Å². The Morgan fingerprint density at radius 1 is 1.10 bits per heavy atom. The maximum absolute atomic E-state index is 6.37. The van der Waals surface area contributed by atoms with E-state index >= 15 is 0 Å². The summed E-state index contributed by atoms with van der Waals surface area (Å²) in [7, 11) is 0. The highest BCUT2D eigenvalue weighted by atomic mass is 35.5. The van der Waals surface area contributed by atoms with E-state index < -0.39 is 0 Å². The molecule has 1 aromatic rings. The number of hydrogen-bond acceptors (Lipinski definition) is 1. The Morgan fingerprint density at radius 3 is 2.55 bits per heavy atom. The first-order chi connectivity index (χ1) is 9.74. The van der Waals surface area contributed by atoms with E-state index in [-0.39, 0.29) is 0 Å². The van der Waals surface area contributed by atoms with E-state index in [1.165, 1.54) is 44.1 Å². The van der Waals surface area contributed by atoms with Gasteiger partial charge in [-0.05, 0) is 49.3 Å². The molecule has 0 saturated heterocycles. The molecule has 0 amide bonds. The smallest absolute Gasteiger partial charge is 0.0624 e. The lowest BCUT2D eigenvalue weighted by atomic mass is 9.85. The first-order valence-corrected chi connectivity index (χ1v) is 8.66. The minimum absolute atomic E-state index is 0.685. The largest absolute Gasteiger partial charge is 0.314 e. The molecule has 0 bridgehead atoms. The van der Waals surface area contributed by atoms with E-state index in [9.17, 15) is 0 Å². The maximum Gasteiger partial charge on any atom is 0.0624 e. The van der Waals surface area contributed by atoms with Crippen LogP contribution in [0.3, 0.4) is 0 Å². The summed E-state index contributed by atoms with van der Waals surface area (Å²) in [6, 6.07) is 6.81. The summed E-state index contributed by atoms with van der Waals surface area (Å²) in [4.78, 5) is 0. The van der Waals surface area contributed by atoms with Crippen LogP contribution in [0.4, 0.5) is 0 Å². The van der Waals surface area contributed by atoms with Crippen LogP contribution in [0.1, 0.15) is 44.1 Å². The van der Waals surface area contributed by atoms with Gasteiger partial charge in [-0.1, -0.05) is 61.0 Å². The molecule has 2 aliphatic carbocycles. The second-order valence-corrected chi connectivity index (χ2v) is 7.19. The molecule has 1 N–H and O–H groups in total. The summed E-state index contributed by atoms with van der Waals surface area (Å²) in [6.07, 6.45) is 9.33. The molecule has 0 heterocycles. The van der Waals surface area contributed by atoms with E-state index in [4.69, 9.17) is 23.2 Å². The SMILES string of the molecule is Clc1cccc(CC(CNC2CC2)C2CCCC2)c1Cl. The van der Waals surface area contributed by atoms with Gasteiger partial charge in [0.1, 0.15) is 0 Å². The molecule has 1 aromatic carbocycles. The van der Waals surface area contributed by atoms with Crippen LogP contribution in [-0.4, -0.2) is 12.6 Å². The Kier molecular flexibility index (Phi) is 4.91. The molecule has 3 heteroatoms. The zero-order valence-corrected chi connectivity index (χ0v) is 13.4. The van der Waals surface area contributed by atoms with Gasteiger partial charge in [-0.15, -0.1) is 0 Å². The molecule has 1 atom stereocenters. The number of hydrogen-bond donors (Lipinski definition) is 1. The average molecular weight is 312 g/mol. The zero-order chi connectivity index (χ0) is 13.9. The summed E-state index contributed by atoms with van der Waals surface area (Å²) < 4.78 is 0. The maximum atomic E-state index is 6.37. The van der Waals surface area contributed by atoms with Crippen LogP contribution in [0.25, 0.3) is 0 Å². The van der Waals surface area contributed by atoms with Crippen molar-refractivity contribution < 1.29 is 0 Å². The third-order valence-corrected chi connectivity index (χ3v) is 5.68. The Hall–Kier alpha value is -0.240. The van der Waals surface area contributed by atoms with Gasteiger partial charge < -0.3 is 5.32 Å². The van der Waals surface area contributed by atoms with Crippen molar-refractivity contribution in [1.29, 1.82) is 0 Å². The lowest BCUT2D eigenvalue weighted by Crippen LogP contribution is -2.30. The molecule has 3 rings (SSSR count). The summed E-state index contributed by atoms with van der Waals surface area (Å²) in [5.41, 5.74) is 1.22. The van der Waals surface area contributed by atoms with Crippen LogP contribution in [-0.2, 0) is 6.42 Å². The number of nitrogens with one attached hydrogen (secondary N) is 1. The molecule has 110 valence electrons. The highest BCUT2D eigenvalue weighted by Crippen LogP contribution is 2.36. The van der Waals surface area contributed by atoms with Crippen molar-refractivity contribution in [2.45, 2.75) is 51.0 Å². The third-order valence-electron chi connectivity index (χ3n) is 4.83. The lowest BCUT2D eigenvalue weighted by molar-refractivity contribution is 0.320. The Labute approximate surface area is 132 Å². The molecular formula is C17H23Cl2N. The minimum atomic E-state index is 0.685. The monoisotopic (exact) mass is 311 g/mol. The van der Waals surface area contributed by atoms with E-state index in [0.29, 0.717) is 10.9 Å². The normalized spacial score (nSPS) is 21.3. The van der Waals surface area contributed by atoms with Crippen molar-refractivity contribution in [3.8, 4) is 0 Å². The molecule has 1 unspecified atom stereocenters. The Balaban J connectivity index is 1.68. The van der Waals surface area contributed by atoms with Crippen molar-refractivity contribution in [2.24, 2.45) is 11.8 Å². The van der Waals surface area contributed by atoms with Crippen LogP contribution in [0.5, 0.6) is 0 Å². The summed E-state index contributed by atoms with van der Waals surface area (Å²) in [6.45, 7) is 1.14. The molecule has 1 nitrogen and oxygen atoms in total. The molecule has 0 aliphatic heterocycles.